The van der Waals surface area contributed by atoms with Crippen LogP contribution in [0.4, 0.5) is 0 Å². The summed E-state index contributed by atoms with van der Waals surface area (Å²) < 4.78 is 2.30. The minimum absolute atomic E-state index is 0.146. The maximum atomic E-state index is 12.9. The zero-order valence-corrected chi connectivity index (χ0v) is 14.9. The summed E-state index contributed by atoms with van der Waals surface area (Å²) in [7, 11) is -0.231. The fraction of sp³-hybridized carbons (Fsp3) is 0.136. The Morgan fingerprint density at radius 3 is 1.67 bits per heavy atom. The van der Waals surface area contributed by atoms with E-state index in [4.69, 9.17) is 0 Å². The Hall–Kier alpha value is -2.45. The molecule has 4 rings (SSSR count). The van der Waals surface area contributed by atoms with Gasteiger partial charge in [0.25, 0.3) is 0 Å². The van der Waals surface area contributed by atoms with Crippen molar-refractivity contribution in [2.24, 2.45) is 0 Å². The summed E-state index contributed by atoms with van der Waals surface area (Å²) in [6.07, 6.45) is 0. The lowest BCUT2D eigenvalue weighted by molar-refractivity contribution is 1.35. The summed E-state index contributed by atoms with van der Waals surface area (Å²) in [5.41, 5.74) is 4.03. The molecule has 0 saturated heterocycles. The molecule has 3 aromatic carbocycles. The van der Waals surface area contributed by atoms with Gasteiger partial charge in [0.2, 0.25) is 5.43 Å². The van der Waals surface area contributed by atoms with Crippen molar-refractivity contribution in [1.29, 1.82) is 0 Å². The molecule has 0 amide bonds. The summed E-state index contributed by atoms with van der Waals surface area (Å²) in [4.78, 5) is 14.3. The van der Waals surface area contributed by atoms with Gasteiger partial charge in [-0.25, -0.2) is 0 Å². The summed E-state index contributed by atoms with van der Waals surface area (Å²) in [6, 6.07) is 20.7. The highest BCUT2D eigenvalue weighted by Crippen LogP contribution is 2.46. The molecule has 0 bridgehead atoms. The SMILES string of the molecule is Cc1cc(C)c(-[s+]2c3ccccc3c(=O)c3ccccc32)c(C)c1. The molecule has 0 aliphatic rings. The van der Waals surface area contributed by atoms with Crippen molar-refractivity contribution in [2.75, 3.05) is 0 Å². The van der Waals surface area contributed by atoms with Crippen LogP contribution in [0.15, 0.2) is 65.5 Å². The van der Waals surface area contributed by atoms with Gasteiger partial charge in [0.1, 0.15) is 0 Å². The van der Waals surface area contributed by atoms with E-state index in [-0.39, 0.29) is 15.9 Å². The summed E-state index contributed by atoms with van der Waals surface area (Å²) in [5, 5.41) is 1.69. The fourth-order valence-corrected chi connectivity index (χ4v) is 6.27. The molecule has 0 radical (unpaired) electrons. The molecular weight excluding hydrogens is 312 g/mol. The second-order valence-corrected chi connectivity index (χ2v) is 8.26. The van der Waals surface area contributed by atoms with Crippen molar-refractivity contribution in [2.45, 2.75) is 20.8 Å². The van der Waals surface area contributed by atoms with Crippen LogP contribution in [0, 0.1) is 20.8 Å². The van der Waals surface area contributed by atoms with E-state index in [9.17, 15) is 4.79 Å². The van der Waals surface area contributed by atoms with Gasteiger partial charge in [-0.2, -0.15) is 0 Å². The average molecular weight is 331 g/mol. The van der Waals surface area contributed by atoms with Crippen LogP contribution in [0.25, 0.3) is 25.1 Å². The molecule has 1 nitrogen and oxygen atoms in total. The standard InChI is InChI=1S/C22H19OS/c1-14-12-15(2)22(16(3)13-14)24-19-10-6-4-8-17(19)21(23)18-9-5-7-11-20(18)24/h4-13H,1-3H3/q+1. The van der Waals surface area contributed by atoms with Crippen LogP contribution in [0.2, 0.25) is 0 Å². The average Bonchev–Trinajstić information content (AvgIpc) is 2.57. The summed E-state index contributed by atoms with van der Waals surface area (Å²) >= 11 is 0. The van der Waals surface area contributed by atoms with E-state index in [1.165, 1.54) is 21.6 Å². The quantitative estimate of drug-likeness (QED) is 0.308. The lowest BCUT2D eigenvalue weighted by Gasteiger charge is -2.08. The second-order valence-electron chi connectivity index (χ2n) is 6.36. The van der Waals surface area contributed by atoms with Crippen molar-refractivity contribution >= 4 is 30.6 Å². The molecule has 4 aromatic rings. The summed E-state index contributed by atoms with van der Waals surface area (Å²) in [5.74, 6) is 0. The molecule has 118 valence electrons. The predicted octanol–water partition coefficient (Wildman–Crippen LogP) is 6.02. The molecule has 2 heteroatoms. The molecule has 0 unspecified atom stereocenters. The zero-order valence-electron chi connectivity index (χ0n) is 14.1. The second kappa shape index (κ2) is 5.57. The molecule has 0 fully saturated rings. The molecule has 24 heavy (non-hydrogen) atoms. The third-order valence-electron chi connectivity index (χ3n) is 4.51. The first-order chi connectivity index (χ1) is 11.6. The van der Waals surface area contributed by atoms with Crippen molar-refractivity contribution in [3.05, 3.63) is 87.6 Å². The van der Waals surface area contributed by atoms with Gasteiger partial charge in [-0.05, 0) is 45.0 Å². The van der Waals surface area contributed by atoms with Crippen molar-refractivity contribution in [3.8, 4) is 4.90 Å². The Bertz CT molecular complexity index is 1070. The molecule has 0 atom stereocenters. The maximum absolute atomic E-state index is 12.9. The van der Waals surface area contributed by atoms with Crippen LogP contribution < -0.4 is 5.43 Å². The molecule has 1 aromatic heterocycles. The Morgan fingerprint density at radius 2 is 1.17 bits per heavy atom. The third-order valence-corrected chi connectivity index (χ3v) is 7.16. The van der Waals surface area contributed by atoms with Crippen LogP contribution in [-0.4, -0.2) is 0 Å². The first-order valence-corrected chi connectivity index (χ1v) is 9.35. The highest BCUT2D eigenvalue weighted by molar-refractivity contribution is 7.49. The number of aryl methyl sites for hydroxylation is 3. The molecular formula is C22H19OS+. The van der Waals surface area contributed by atoms with Crippen molar-refractivity contribution in [1.82, 2.24) is 0 Å². The maximum Gasteiger partial charge on any atom is 0.203 e. The first-order valence-electron chi connectivity index (χ1n) is 8.13. The van der Waals surface area contributed by atoms with E-state index in [1.807, 2.05) is 36.4 Å². The molecule has 0 aliphatic heterocycles. The highest BCUT2D eigenvalue weighted by Gasteiger charge is 2.25. The molecule has 1 heterocycles. The molecule has 0 N–H and O–H groups in total. The van der Waals surface area contributed by atoms with Crippen LogP contribution in [-0.2, 0) is 0 Å². The van der Waals surface area contributed by atoms with E-state index in [2.05, 4.69) is 45.0 Å². The van der Waals surface area contributed by atoms with E-state index in [0.717, 1.165) is 20.2 Å². The minimum atomic E-state index is -0.231. The van der Waals surface area contributed by atoms with Gasteiger partial charge in [0.15, 0.2) is 14.3 Å². The van der Waals surface area contributed by atoms with Gasteiger partial charge >= 0.3 is 0 Å². The molecule has 0 aliphatic carbocycles. The minimum Gasteiger partial charge on any atom is -0.288 e. The number of hydrogen-bond acceptors (Lipinski definition) is 1. The number of rotatable bonds is 1. The van der Waals surface area contributed by atoms with Crippen LogP contribution in [0.1, 0.15) is 16.7 Å². The number of hydrogen-bond donors (Lipinski definition) is 0. The smallest absolute Gasteiger partial charge is 0.203 e. The largest absolute Gasteiger partial charge is 0.288 e. The Balaban J connectivity index is 2.31. The third kappa shape index (κ3) is 2.18. The lowest BCUT2D eigenvalue weighted by atomic mass is 10.1. The Kier molecular flexibility index (Phi) is 3.50. The lowest BCUT2D eigenvalue weighted by Crippen LogP contribution is -2.02. The number of benzene rings is 3. The zero-order chi connectivity index (χ0) is 16.8. The topological polar surface area (TPSA) is 17.1 Å². The normalized spacial score (nSPS) is 11.3. The first kappa shape index (κ1) is 15.1. The Morgan fingerprint density at radius 1 is 0.708 bits per heavy atom. The van der Waals surface area contributed by atoms with Crippen LogP contribution >= 0.6 is 10.5 Å². The molecule has 0 saturated carbocycles. The van der Waals surface area contributed by atoms with E-state index in [0.29, 0.717) is 0 Å². The van der Waals surface area contributed by atoms with Gasteiger partial charge < -0.3 is 0 Å². The highest BCUT2D eigenvalue weighted by atomic mass is 32.2. The Labute approximate surface area is 144 Å². The van der Waals surface area contributed by atoms with Gasteiger partial charge in [-0.1, -0.05) is 42.0 Å². The van der Waals surface area contributed by atoms with E-state index in [1.54, 1.807) is 0 Å². The van der Waals surface area contributed by atoms with Gasteiger partial charge in [0, 0.05) is 21.6 Å². The predicted molar refractivity (Wildman–Crippen MR) is 106 cm³/mol. The van der Waals surface area contributed by atoms with E-state index < -0.39 is 0 Å². The summed E-state index contributed by atoms with van der Waals surface area (Å²) in [6.45, 7) is 6.51. The van der Waals surface area contributed by atoms with Gasteiger partial charge in [0.05, 0.1) is 10.8 Å². The van der Waals surface area contributed by atoms with Crippen molar-refractivity contribution in [3.63, 3.8) is 0 Å². The fourth-order valence-electron chi connectivity index (χ4n) is 3.64. The van der Waals surface area contributed by atoms with Gasteiger partial charge in [-0.3, -0.25) is 4.79 Å². The van der Waals surface area contributed by atoms with Crippen molar-refractivity contribution < 1.29 is 0 Å². The van der Waals surface area contributed by atoms with Crippen LogP contribution in [0.5, 0.6) is 0 Å². The van der Waals surface area contributed by atoms with Crippen LogP contribution in [0.3, 0.4) is 0 Å². The van der Waals surface area contributed by atoms with Gasteiger partial charge in [-0.15, -0.1) is 0 Å². The van der Waals surface area contributed by atoms with E-state index >= 15 is 0 Å². The molecule has 0 spiro atoms. The monoisotopic (exact) mass is 331 g/mol. The number of fused-ring (bicyclic) bond motifs is 2.